The minimum Gasteiger partial charge on any atom is -0.392 e. The van der Waals surface area contributed by atoms with E-state index in [1.54, 1.807) is 0 Å². The van der Waals surface area contributed by atoms with E-state index in [4.69, 9.17) is 9.47 Å². The number of carbonyl (C=O) groups excluding carboxylic acids is 1. The summed E-state index contributed by atoms with van der Waals surface area (Å²) in [4.78, 5) is 16.1. The molecule has 1 saturated heterocycles. The Bertz CT molecular complexity index is 1320. The fraction of sp³-hybridized carbons (Fsp3) is 0.286. The smallest absolute Gasteiger partial charge is 0.221 e. The molecule has 35 heavy (non-hydrogen) atoms. The Kier molecular flexibility index (Phi) is 6.63. The predicted molar refractivity (Wildman–Crippen MR) is 133 cm³/mol. The highest BCUT2D eigenvalue weighted by Crippen LogP contribution is 2.42. The number of rotatable bonds is 6. The van der Waals surface area contributed by atoms with Crippen molar-refractivity contribution in [1.29, 1.82) is 0 Å². The van der Waals surface area contributed by atoms with Gasteiger partial charge in [-0.25, -0.2) is 4.98 Å². The lowest BCUT2D eigenvalue weighted by molar-refractivity contribution is -0.276. The molecular formula is C28H29N3O4. The average molecular weight is 472 g/mol. The largest absolute Gasteiger partial charge is 0.392 e. The third-order valence-electron chi connectivity index (χ3n) is 6.51. The molecule has 4 aromatic rings. The highest BCUT2D eigenvalue weighted by Gasteiger charge is 2.38. The number of amides is 1. The maximum Gasteiger partial charge on any atom is 0.221 e. The summed E-state index contributed by atoms with van der Waals surface area (Å²) in [6, 6.07) is 23.5. The summed E-state index contributed by atoms with van der Waals surface area (Å²) < 4.78 is 15.2. The zero-order valence-electron chi connectivity index (χ0n) is 19.8. The molecule has 0 spiro atoms. The van der Waals surface area contributed by atoms with Crippen molar-refractivity contribution < 1.29 is 19.4 Å². The van der Waals surface area contributed by atoms with Gasteiger partial charge in [-0.15, -0.1) is 0 Å². The van der Waals surface area contributed by atoms with Crippen LogP contribution in [-0.4, -0.2) is 26.7 Å². The maximum absolute atomic E-state index is 11.6. The van der Waals surface area contributed by atoms with Crippen molar-refractivity contribution in [2.75, 3.05) is 5.32 Å². The van der Waals surface area contributed by atoms with Crippen LogP contribution in [0.4, 0.5) is 5.69 Å². The van der Waals surface area contributed by atoms with Crippen LogP contribution in [0.5, 0.6) is 0 Å². The predicted octanol–water partition coefficient (Wildman–Crippen LogP) is 4.98. The Morgan fingerprint density at radius 1 is 1.03 bits per heavy atom. The minimum absolute atomic E-state index is 0.000632. The van der Waals surface area contributed by atoms with E-state index in [-0.39, 0.29) is 30.6 Å². The monoisotopic (exact) mass is 471 g/mol. The molecule has 1 aliphatic rings. The number of benzene rings is 3. The first-order chi connectivity index (χ1) is 17.0. The van der Waals surface area contributed by atoms with Gasteiger partial charge < -0.3 is 24.5 Å². The molecule has 1 fully saturated rings. The number of anilines is 1. The van der Waals surface area contributed by atoms with Crippen LogP contribution >= 0.6 is 0 Å². The second-order valence-corrected chi connectivity index (χ2v) is 9.01. The number of nitrogens with zero attached hydrogens (tertiary/aromatic N) is 2. The van der Waals surface area contributed by atoms with E-state index in [0.717, 1.165) is 27.7 Å². The second kappa shape index (κ2) is 10.00. The standard InChI is InChI=1S/C28H29N3O4/c1-18-26(15-31-17-29-24-8-3-4-9-25(24)31)34-28(22-6-5-7-23(14-22)30-19(2)33)35-27(18)21-12-10-20(16-32)11-13-21/h3-14,17-18,26-28,32H,15-16H2,1-2H3,(H,30,33)/t18-,26+,27+,28+/m0/s1. The lowest BCUT2D eigenvalue weighted by atomic mass is 9.90. The number of fused-ring (bicyclic) bond motifs is 1. The quantitative estimate of drug-likeness (QED) is 0.414. The van der Waals surface area contributed by atoms with Crippen molar-refractivity contribution in [2.45, 2.75) is 45.5 Å². The Morgan fingerprint density at radius 2 is 1.83 bits per heavy atom. The zero-order chi connectivity index (χ0) is 24.4. The summed E-state index contributed by atoms with van der Waals surface area (Å²) in [6.45, 7) is 4.25. The van der Waals surface area contributed by atoms with Crippen LogP contribution in [0.15, 0.2) is 79.1 Å². The van der Waals surface area contributed by atoms with E-state index >= 15 is 0 Å². The molecular weight excluding hydrogens is 442 g/mol. The van der Waals surface area contributed by atoms with Gasteiger partial charge in [0.05, 0.1) is 42.7 Å². The van der Waals surface area contributed by atoms with E-state index in [1.165, 1.54) is 6.92 Å². The molecule has 1 amide bonds. The molecule has 1 aromatic heterocycles. The summed E-state index contributed by atoms with van der Waals surface area (Å²) in [5.41, 5.74) is 5.42. The zero-order valence-corrected chi connectivity index (χ0v) is 19.8. The molecule has 2 N–H and O–H groups in total. The molecule has 180 valence electrons. The number of nitrogens with one attached hydrogen (secondary N) is 1. The topological polar surface area (TPSA) is 85.6 Å². The second-order valence-electron chi connectivity index (χ2n) is 9.01. The van der Waals surface area contributed by atoms with Gasteiger partial charge in [-0.2, -0.15) is 0 Å². The first kappa shape index (κ1) is 23.2. The fourth-order valence-corrected chi connectivity index (χ4v) is 4.64. The number of aliphatic hydroxyl groups is 1. The molecule has 4 atom stereocenters. The van der Waals surface area contributed by atoms with Crippen LogP contribution in [-0.2, 0) is 27.4 Å². The minimum atomic E-state index is -0.609. The normalized spacial score (nSPS) is 22.3. The molecule has 0 unspecified atom stereocenters. The van der Waals surface area contributed by atoms with E-state index in [2.05, 4.69) is 27.9 Å². The Morgan fingerprint density at radius 3 is 2.60 bits per heavy atom. The van der Waals surface area contributed by atoms with Gasteiger partial charge in [-0.1, -0.05) is 55.5 Å². The summed E-state index contributed by atoms with van der Waals surface area (Å²) in [5, 5.41) is 12.3. The highest BCUT2D eigenvalue weighted by molar-refractivity contribution is 5.88. The number of aliphatic hydroxyl groups excluding tert-OH is 1. The summed E-state index contributed by atoms with van der Waals surface area (Å²) >= 11 is 0. The summed E-state index contributed by atoms with van der Waals surface area (Å²) in [7, 11) is 0. The Labute approximate surface area is 204 Å². The molecule has 5 rings (SSSR count). The molecule has 0 saturated carbocycles. The number of carbonyl (C=O) groups is 1. The number of aromatic nitrogens is 2. The first-order valence-corrected chi connectivity index (χ1v) is 11.8. The van der Waals surface area contributed by atoms with E-state index in [9.17, 15) is 9.90 Å². The van der Waals surface area contributed by atoms with Gasteiger partial charge in [0.15, 0.2) is 6.29 Å². The highest BCUT2D eigenvalue weighted by atomic mass is 16.7. The third kappa shape index (κ3) is 4.98. The average Bonchev–Trinajstić information content (AvgIpc) is 3.28. The van der Waals surface area contributed by atoms with Crippen molar-refractivity contribution in [3.8, 4) is 0 Å². The molecule has 0 bridgehead atoms. The van der Waals surface area contributed by atoms with Crippen molar-refractivity contribution in [3.63, 3.8) is 0 Å². The van der Waals surface area contributed by atoms with Gasteiger partial charge in [-0.05, 0) is 35.4 Å². The van der Waals surface area contributed by atoms with Gasteiger partial charge >= 0.3 is 0 Å². The van der Waals surface area contributed by atoms with Gasteiger partial charge in [0.25, 0.3) is 0 Å². The van der Waals surface area contributed by atoms with Gasteiger partial charge in [-0.3, -0.25) is 4.79 Å². The summed E-state index contributed by atoms with van der Waals surface area (Å²) in [5.74, 6) is -0.0844. The third-order valence-corrected chi connectivity index (χ3v) is 6.51. The number of hydrogen-bond donors (Lipinski definition) is 2. The maximum atomic E-state index is 11.6. The molecule has 7 heteroatoms. The van der Waals surface area contributed by atoms with E-state index in [0.29, 0.717) is 12.2 Å². The van der Waals surface area contributed by atoms with Crippen LogP contribution in [0.3, 0.4) is 0 Å². The number of para-hydroxylation sites is 2. The SMILES string of the molecule is CC(=O)Nc1cccc([C@@H]2O[C@H](Cn3cnc4ccccc43)[C@H](C)[C@H](c3ccc(CO)cc3)O2)c1. The van der Waals surface area contributed by atoms with Crippen LogP contribution in [0, 0.1) is 5.92 Å². The molecule has 3 aromatic carbocycles. The van der Waals surface area contributed by atoms with Gasteiger partial charge in [0.2, 0.25) is 5.91 Å². The Balaban J connectivity index is 1.48. The Hall–Kier alpha value is -3.52. The molecule has 0 radical (unpaired) electrons. The number of ether oxygens (including phenoxy) is 2. The van der Waals surface area contributed by atoms with Crippen LogP contribution in [0.25, 0.3) is 11.0 Å². The molecule has 2 heterocycles. The fourth-order valence-electron chi connectivity index (χ4n) is 4.64. The molecule has 7 nitrogen and oxygen atoms in total. The van der Waals surface area contributed by atoms with E-state index in [1.807, 2.05) is 73.1 Å². The van der Waals surface area contributed by atoms with Gasteiger partial charge in [0, 0.05) is 24.1 Å². The van der Waals surface area contributed by atoms with E-state index < -0.39 is 6.29 Å². The van der Waals surface area contributed by atoms with Crippen molar-refractivity contribution in [1.82, 2.24) is 9.55 Å². The van der Waals surface area contributed by atoms with Crippen molar-refractivity contribution >= 4 is 22.6 Å². The first-order valence-electron chi connectivity index (χ1n) is 11.8. The van der Waals surface area contributed by atoms with Crippen LogP contribution in [0.1, 0.15) is 42.9 Å². The molecule has 0 aliphatic carbocycles. The lowest BCUT2D eigenvalue weighted by Gasteiger charge is -2.41. The molecule has 1 aliphatic heterocycles. The van der Waals surface area contributed by atoms with Crippen LogP contribution < -0.4 is 5.32 Å². The van der Waals surface area contributed by atoms with Crippen molar-refractivity contribution in [2.24, 2.45) is 5.92 Å². The summed E-state index contributed by atoms with van der Waals surface area (Å²) in [6.07, 6.45) is 0.874. The van der Waals surface area contributed by atoms with Gasteiger partial charge in [0.1, 0.15) is 0 Å². The lowest BCUT2D eigenvalue weighted by Crippen LogP contribution is -2.39. The van der Waals surface area contributed by atoms with Crippen molar-refractivity contribution in [3.05, 3.63) is 95.8 Å². The number of imidazole rings is 1. The number of hydrogen-bond acceptors (Lipinski definition) is 5. The van der Waals surface area contributed by atoms with Crippen LogP contribution in [0.2, 0.25) is 0 Å².